The summed E-state index contributed by atoms with van der Waals surface area (Å²) in [5.74, 6) is 2.28. The van der Waals surface area contributed by atoms with Gasteiger partial charge < -0.3 is 6.42 Å². The average Bonchev–Trinajstić information content (AvgIpc) is 1.90. The van der Waals surface area contributed by atoms with Crippen LogP contribution in [0.25, 0.3) is 0 Å². The van der Waals surface area contributed by atoms with Crippen molar-refractivity contribution in [3.05, 3.63) is 42.3 Å². The van der Waals surface area contributed by atoms with Gasteiger partial charge in [0.2, 0.25) is 0 Å². The molecular formula is C8H5Pt-. The Hall–Kier alpha value is -0.532. The van der Waals surface area contributed by atoms with Crippen LogP contribution in [0.3, 0.4) is 0 Å². The number of hydrogen-bond acceptors (Lipinski definition) is 0. The molecule has 0 nitrogen and oxygen atoms in total. The molecule has 0 fully saturated rings. The molecule has 0 bridgehead atoms. The van der Waals surface area contributed by atoms with E-state index in [9.17, 15) is 0 Å². The molecule has 0 atom stereocenters. The van der Waals surface area contributed by atoms with E-state index in [0.717, 1.165) is 5.56 Å². The van der Waals surface area contributed by atoms with E-state index in [2.05, 4.69) is 5.92 Å². The molecule has 1 aromatic carbocycles. The Bertz CT molecular complexity index is 196. The molecule has 0 aliphatic heterocycles. The van der Waals surface area contributed by atoms with E-state index in [0.29, 0.717) is 0 Å². The molecule has 0 aliphatic carbocycles. The van der Waals surface area contributed by atoms with Crippen molar-refractivity contribution in [2.45, 2.75) is 0 Å². The molecule has 1 aromatic rings. The Kier molecular flexibility index (Phi) is 4.10. The standard InChI is InChI=1S/C8H5.Pt/c1-2-8-6-4-3-5-7-8;/h3-7H;/q-1;. The number of rotatable bonds is 0. The Balaban J connectivity index is 0.000000640. The molecular weight excluding hydrogens is 291 g/mol. The zero-order chi connectivity index (χ0) is 5.82. The van der Waals surface area contributed by atoms with Gasteiger partial charge in [-0.2, -0.15) is 0 Å². The molecule has 0 amide bonds. The Morgan fingerprint density at radius 2 is 1.67 bits per heavy atom. The molecule has 1 heteroatoms. The van der Waals surface area contributed by atoms with Crippen molar-refractivity contribution in [1.29, 1.82) is 0 Å². The zero-order valence-corrected chi connectivity index (χ0v) is 6.98. The van der Waals surface area contributed by atoms with Gasteiger partial charge in [-0.25, -0.2) is 0 Å². The Morgan fingerprint density at radius 3 is 2.00 bits per heavy atom. The van der Waals surface area contributed by atoms with Crippen molar-refractivity contribution in [3.63, 3.8) is 0 Å². The van der Waals surface area contributed by atoms with Gasteiger partial charge >= 0.3 is 0 Å². The Morgan fingerprint density at radius 1 is 1.11 bits per heavy atom. The van der Waals surface area contributed by atoms with Crippen LogP contribution >= 0.6 is 0 Å². The summed E-state index contributed by atoms with van der Waals surface area (Å²) in [5.41, 5.74) is 0.826. The van der Waals surface area contributed by atoms with E-state index >= 15 is 0 Å². The third-order valence-electron chi connectivity index (χ3n) is 0.918. The van der Waals surface area contributed by atoms with Gasteiger partial charge in [-0.15, -0.1) is 17.7 Å². The van der Waals surface area contributed by atoms with Crippen molar-refractivity contribution >= 4 is 0 Å². The van der Waals surface area contributed by atoms with Gasteiger partial charge in [-0.05, 0) is 0 Å². The van der Waals surface area contributed by atoms with E-state index in [1.165, 1.54) is 0 Å². The maximum Gasteiger partial charge on any atom is 0 e. The summed E-state index contributed by atoms with van der Waals surface area (Å²) in [4.78, 5) is 0. The minimum Gasteiger partial charge on any atom is -0.366 e. The van der Waals surface area contributed by atoms with Crippen LogP contribution in [0.1, 0.15) is 5.56 Å². The fraction of sp³-hybridized carbons (Fsp3) is 0. The van der Waals surface area contributed by atoms with Crippen LogP contribution in [0.15, 0.2) is 30.3 Å². The predicted molar refractivity (Wildman–Crippen MR) is 32.7 cm³/mol. The summed E-state index contributed by atoms with van der Waals surface area (Å²) < 4.78 is 0. The van der Waals surface area contributed by atoms with E-state index in [1.807, 2.05) is 30.3 Å². The van der Waals surface area contributed by atoms with Crippen molar-refractivity contribution < 1.29 is 21.1 Å². The second-order valence-electron chi connectivity index (χ2n) is 1.49. The van der Waals surface area contributed by atoms with Crippen LogP contribution in [0.2, 0.25) is 0 Å². The molecule has 9 heavy (non-hydrogen) atoms. The summed E-state index contributed by atoms with van der Waals surface area (Å²) in [5, 5.41) is 0. The van der Waals surface area contributed by atoms with Gasteiger partial charge in [-0.1, -0.05) is 18.2 Å². The molecule has 0 radical (unpaired) electrons. The van der Waals surface area contributed by atoms with Crippen LogP contribution < -0.4 is 0 Å². The molecule has 0 saturated heterocycles. The normalized spacial score (nSPS) is 7.00. The molecule has 0 unspecified atom stereocenters. The maximum atomic E-state index is 6.69. The summed E-state index contributed by atoms with van der Waals surface area (Å²) in [6.45, 7) is 0. The number of benzene rings is 1. The summed E-state index contributed by atoms with van der Waals surface area (Å²) in [6, 6.07) is 9.37. The van der Waals surface area contributed by atoms with E-state index in [-0.39, 0.29) is 21.1 Å². The monoisotopic (exact) mass is 296 g/mol. The van der Waals surface area contributed by atoms with Gasteiger partial charge in [0.15, 0.2) is 0 Å². The van der Waals surface area contributed by atoms with Crippen LogP contribution in [-0.2, 0) is 21.1 Å². The van der Waals surface area contributed by atoms with Gasteiger partial charge in [0.25, 0.3) is 0 Å². The van der Waals surface area contributed by atoms with Crippen molar-refractivity contribution in [2.24, 2.45) is 0 Å². The third kappa shape index (κ3) is 2.49. The summed E-state index contributed by atoms with van der Waals surface area (Å²) in [7, 11) is 0. The minimum atomic E-state index is 0. The van der Waals surface area contributed by atoms with Crippen LogP contribution in [-0.4, -0.2) is 0 Å². The molecule has 0 N–H and O–H groups in total. The Labute approximate surface area is 69.5 Å². The molecule has 0 spiro atoms. The SMILES string of the molecule is [C-]#Cc1ccccc1.[Pt]. The van der Waals surface area contributed by atoms with Gasteiger partial charge in [0.05, 0.1) is 0 Å². The third-order valence-corrected chi connectivity index (χ3v) is 0.918. The predicted octanol–water partition coefficient (Wildman–Crippen LogP) is 1.62. The van der Waals surface area contributed by atoms with E-state index in [4.69, 9.17) is 6.42 Å². The van der Waals surface area contributed by atoms with Crippen molar-refractivity contribution in [1.82, 2.24) is 0 Å². The first kappa shape index (κ1) is 8.47. The maximum absolute atomic E-state index is 6.69. The average molecular weight is 296 g/mol. The fourth-order valence-electron chi connectivity index (χ4n) is 0.521. The van der Waals surface area contributed by atoms with Gasteiger partial charge in [0.1, 0.15) is 0 Å². The van der Waals surface area contributed by atoms with Crippen molar-refractivity contribution in [3.8, 4) is 5.92 Å². The first-order chi connectivity index (χ1) is 3.93. The smallest absolute Gasteiger partial charge is 0 e. The molecule has 0 saturated carbocycles. The minimum absolute atomic E-state index is 0. The van der Waals surface area contributed by atoms with Crippen LogP contribution in [0.4, 0.5) is 0 Å². The summed E-state index contributed by atoms with van der Waals surface area (Å²) in [6.07, 6.45) is 6.69. The first-order valence-corrected chi connectivity index (χ1v) is 2.41. The molecule has 0 aromatic heterocycles. The van der Waals surface area contributed by atoms with Gasteiger partial charge in [0, 0.05) is 21.1 Å². The molecule has 48 valence electrons. The number of hydrogen-bond donors (Lipinski definition) is 0. The topological polar surface area (TPSA) is 0 Å². The summed E-state index contributed by atoms with van der Waals surface area (Å²) >= 11 is 0. The molecule has 0 aliphatic rings. The fourth-order valence-corrected chi connectivity index (χ4v) is 0.521. The zero-order valence-electron chi connectivity index (χ0n) is 4.70. The largest absolute Gasteiger partial charge is 0.366 e. The second kappa shape index (κ2) is 4.36. The van der Waals surface area contributed by atoms with Crippen LogP contribution in [0.5, 0.6) is 0 Å². The van der Waals surface area contributed by atoms with Crippen molar-refractivity contribution in [2.75, 3.05) is 0 Å². The van der Waals surface area contributed by atoms with Gasteiger partial charge in [-0.3, -0.25) is 5.92 Å². The second-order valence-corrected chi connectivity index (χ2v) is 1.49. The first-order valence-electron chi connectivity index (χ1n) is 2.41. The molecule has 1 rings (SSSR count). The quantitative estimate of drug-likeness (QED) is 0.504. The van der Waals surface area contributed by atoms with E-state index < -0.39 is 0 Å². The van der Waals surface area contributed by atoms with E-state index in [1.54, 1.807) is 0 Å². The van der Waals surface area contributed by atoms with Crippen LogP contribution in [0, 0.1) is 12.3 Å². The molecule has 0 heterocycles.